The Kier molecular flexibility index (Phi) is 5.60. The Bertz CT molecular complexity index is 220. The molecule has 0 atom stereocenters. The number of alkyl halides is 1. The van der Waals surface area contributed by atoms with Gasteiger partial charge in [0.25, 0.3) is 0 Å². The summed E-state index contributed by atoms with van der Waals surface area (Å²) < 4.78 is 0. The van der Waals surface area contributed by atoms with E-state index in [9.17, 15) is 4.79 Å². The fraction of sp³-hybridized carbons (Fsp3) is 0.923. The molecule has 2 nitrogen and oxygen atoms in total. The summed E-state index contributed by atoms with van der Waals surface area (Å²) in [6, 6.07) is 0. The SMILES string of the molecule is CC(C)(CCl)CNC(=O)C1CCCCCC1. The number of amides is 1. The van der Waals surface area contributed by atoms with E-state index in [1.54, 1.807) is 0 Å². The Labute approximate surface area is 104 Å². The molecule has 1 saturated carbocycles. The first-order valence-corrected chi connectivity index (χ1v) is 6.92. The molecule has 0 aromatic carbocycles. The van der Waals surface area contributed by atoms with Crippen molar-refractivity contribution in [1.82, 2.24) is 5.32 Å². The molecule has 0 aliphatic heterocycles. The molecule has 0 bridgehead atoms. The van der Waals surface area contributed by atoms with Gasteiger partial charge in [-0.05, 0) is 18.3 Å². The van der Waals surface area contributed by atoms with Crippen LogP contribution in [0.4, 0.5) is 0 Å². The van der Waals surface area contributed by atoms with Gasteiger partial charge in [0.1, 0.15) is 0 Å². The number of halogens is 1. The topological polar surface area (TPSA) is 29.1 Å². The summed E-state index contributed by atoms with van der Waals surface area (Å²) in [6.45, 7) is 4.84. The van der Waals surface area contributed by atoms with Gasteiger partial charge in [0.05, 0.1) is 0 Å². The minimum absolute atomic E-state index is 0.00193. The summed E-state index contributed by atoms with van der Waals surface area (Å²) in [5.41, 5.74) is 0.00193. The van der Waals surface area contributed by atoms with Crippen LogP contribution in [-0.4, -0.2) is 18.3 Å². The van der Waals surface area contributed by atoms with E-state index in [0.717, 1.165) is 12.8 Å². The number of hydrogen-bond acceptors (Lipinski definition) is 1. The second-order valence-corrected chi connectivity index (χ2v) is 5.97. The first-order chi connectivity index (χ1) is 7.55. The lowest BCUT2D eigenvalue weighted by Crippen LogP contribution is -2.38. The van der Waals surface area contributed by atoms with E-state index in [2.05, 4.69) is 19.2 Å². The Morgan fingerprint density at radius 3 is 2.31 bits per heavy atom. The highest BCUT2D eigenvalue weighted by Crippen LogP contribution is 2.23. The van der Waals surface area contributed by atoms with Crippen molar-refractivity contribution in [3.05, 3.63) is 0 Å². The van der Waals surface area contributed by atoms with E-state index in [4.69, 9.17) is 11.6 Å². The lowest BCUT2D eigenvalue weighted by Gasteiger charge is -2.23. The Morgan fingerprint density at radius 2 is 1.81 bits per heavy atom. The molecule has 1 amide bonds. The molecule has 0 heterocycles. The van der Waals surface area contributed by atoms with Crippen molar-refractivity contribution in [3.8, 4) is 0 Å². The fourth-order valence-electron chi connectivity index (χ4n) is 2.06. The maximum atomic E-state index is 12.0. The predicted octanol–water partition coefficient (Wildman–Crippen LogP) is 3.34. The molecule has 0 saturated heterocycles. The van der Waals surface area contributed by atoms with E-state index >= 15 is 0 Å². The quantitative estimate of drug-likeness (QED) is 0.597. The summed E-state index contributed by atoms with van der Waals surface area (Å²) >= 11 is 5.84. The van der Waals surface area contributed by atoms with Crippen LogP contribution in [0.15, 0.2) is 0 Å². The van der Waals surface area contributed by atoms with E-state index in [-0.39, 0.29) is 17.2 Å². The molecule has 0 radical (unpaired) electrons. The van der Waals surface area contributed by atoms with Gasteiger partial charge >= 0.3 is 0 Å². The van der Waals surface area contributed by atoms with Crippen LogP contribution in [0.5, 0.6) is 0 Å². The molecule has 3 heteroatoms. The Hall–Kier alpha value is -0.240. The largest absolute Gasteiger partial charge is 0.355 e. The average molecular weight is 246 g/mol. The van der Waals surface area contributed by atoms with Crippen LogP contribution in [0.1, 0.15) is 52.4 Å². The van der Waals surface area contributed by atoms with Crippen LogP contribution in [0.3, 0.4) is 0 Å². The monoisotopic (exact) mass is 245 g/mol. The molecule has 0 aromatic rings. The van der Waals surface area contributed by atoms with Crippen molar-refractivity contribution in [1.29, 1.82) is 0 Å². The summed E-state index contributed by atoms with van der Waals surface area (Å²) in [7, 11) is 0. The summed E-state index contributed by atoms with van der Waals surface area (Å²) in [5.74, 6) is 1.06. The number of nitrogens with one attached hydrogen (secondary N) is 1. The second-order valence-electron chi connectivity index (χ2n) is 5.70. The third-order valence-corrected chi connectivity index (χ3v) is 4.05. The van der Waals surface area contributed by atoms with Gasteiger partial charge in [0.2, 0.25) is 5.91 Å². The zero-order valence-corrected chi connectivity index (χ0v) is 11.3. The van der Waals surface area contributed by atoms with Crippen molar-refractivity contribution in [2.75, 3.05) is 12.4 Å². The van der Waals surface area contributed by atoms with Crippen LogP contribution in [0.25, 0.3) is 0 Å². The Balaban J connectivity index is 2.33. The molecule has 94 valence electrons. The zero-order chi connectivity index (χ0) is 12.0. The predicted molar refractivity (Wildman–Crippen MR) is 68.7 cm³/mol. The molecular formula is C13H24ClNO. The number of rotatable bonds is 4. The van der Waals surface area contributed by atoms with Crippen LogP contribution in [-0.2, 0) is 4.79 Å². The van der Waals surface area contributed by atoms with Crippen molar-refractivity contribution >= 4 is 17.5 Å². The lowest BCUT2D eigenvalue weighted by molar-refractivity contribution is -0.125. The van der Waals surface area contributed by atoms with Gasteiger partial charge < -0.3 is 5.32 Å². The number of hydrogen-bond donors (Lipinski definition) is 1. The van der Waals surface area contributed by atoms with E-state index in [1.165, 1.54) is 25.7 Å². The third kappa shape index (κ3) is 4.73. The van der Waals surface area contributed by atoms with Crippen molar-refractivity contribution in [3.63, 3.8) is 0 Å². The van der Waals surface area contributed by atoms with Crippen LogP contribution in [0, 0.1) is 11.3 Å². The highest BCUT2D eigenvalue weighted by Gasteiger charge is 2.22. The normalized spacial score (nSPS) is 19.2. The minimum atomic E-state index is 0.00193. The molecule has 16 heavy (non-hydrogen) atoms. The van der Waals surface area contributed by atoms with E-state index in [1.807, 2.05) is 0 Å². The smallest absolute Gasteiger partial charge is 0.223 e. The molecule has 1 rings (SSSR count). The molecular weight excluding hydrogens is 222 g/mol. The number of carbonyl (C=O) groups excluding carboxylic acids is 1. The molecule has 1 aliphatic carbocycles. The van der Waals surface area contributed by atoms with Gasteiger partial charge in [0.15, 0.2) is 0 Å². The molecule has 0 spiro atoms. The van der Waals surface area contributed by atoms with E-state index < -0.39 is 0 Å². The van der Waals surface area contributed by atoms with E-state index in [0.29, 0.717) is 12.4 Å². The van der Waals surface area contributed by atoms with Gasteiger partial charge in [-0.25, -0.2) is 0 Å². The average Bonchev–Trinajstić information content (AvgIpc) is 2.54. The van der Waals surface area contributed by atoms with Gasteiger partial charge in [-0.3, -0.25) is 4.79 Å². The highest BCUT2D eigenvalue weighted by molar-refractivity contribution is 6.18. The molecule has 0 unspecified atom stereocenters. The van der Waals surface area contributed by atoms with Crippen LogP contribution >= 0.6 is 11.6 Å². The maximum Gasteiger partial charge on any atom is 0.223 e. The third-order valence-electron chi connectivity index (χ3n) is 3.33. The highest BCUT2D eigenvalue weighted by atomic mass is 35.5. The molecule has 0 aromatic heterocycles. The lowest BCUT2D eigenvalue weighted by atomic mass is 9.95. The van der Waals surface area contributed by atoms with Gasteiger partial charge in [-0.2, -0.15) is 0 Å². The molecule has 1 aliphatic rings. The minimum Gasteiger partial charge on any atom is -0.355 e. The standard InChI is InChI=1S/C13H24ClNO/c1-13(2,9-14)10-15-12(16)11-7-5-3-4-6-8-11/h11H,3-10H2,1-2H3,(H,15,16). The van der Waals surface area contributed by atoms with Crippen LogP contribution in [0.2, 0.25) is 0 Å². The van der Waals surface area contributed by atoms with Crippen molar-refractivity contribution < 1.29 is 4.79 Å². The first kappa shape index (κ1) is 13.8. The fourth-order valence-corrected chi connectivity index (χ4v) is 2.15. The molecule has 1 N–H and O–H groups in total. The van der Waals surface area contributed by atoms with Crippen LogP contribution < -0.4 is 5.32 Å². The van der Waals surface area contributed by atoms with Crippen molar-refractivity contribution in [2.24, 2.45) is 11.3 Å². The zero-order valence-electron chi connectivity index (χ0n) is 10.5. The number of carbonyl (C=O) groups is 1. The summed E-state index contributed by atoms with van der Waals surface area (Å²) in [4.78, 5) is 12.0. The first-order valence-electron chi connectivity index (χ1n) is 6.39. The van der Waals surface area contributed by atoms with Gasteiger partial charge in [0, 0.05) is 18.3 Å². The summed E-state index contributed by atoms with van der Waals surface area (Å²) in [5, 5.41) is 3.05. The maximum absolute atomic E-state index is 12.0. The van der Waals surface area contributed by atoms with Crippen molar-refractivity contribution in [2.45, 2.75) is 52.4 Å². The van der Waals surface area contributed by atoms with Gasteiger partial charge in [-0.15, -0.1) is 11.6 Å². The van der Waals surface area contributed by atoms with Gasteiger partial charge in [-0.1, -0.05) is 39.5 Å². The Morgan fingerprint density at radius 1 is 1.25 bits per heavy atom. The summed E-state index contributed by atoms with van der Waals surface area (Å²) in [6.07, 6.45) is 7.11. The second kappa shape index (κ2) is 6.48. The molecule has 1 fully saturated rings.